The smallest absolute Gasteiger partial charge is 0.157 e. The molecule has 0 bridgehead atoms. The molecule has 0 aliphatic carbocycles. The summed E-state index contributed by atoms with van der Waals surface area (Å²) in [6, 6.07) is 15.6. The molecule has 2 aliphatic heterocycles. The van der Waals surface area contributed by atoms with Crippen LogP contribution in [0.3, 0.4) is 0 Å². The quantitative estimate of drug-likeness (QED) is 0.177. The third-order valence-electron chi connectivity index (χ3n) is 7.48. The lowest BCUT2D eigenvalue weighted by Crippen LogP contribution is -2.37. The topological polar surface area (TPSA) is 180 Å². The largest absolute Gasteiger partial charge is 0.508 e. The summed E-state index contributed by atoms with van der Waals surface area (Å²) < 4.78 is 12.5. The van der Waals surface area contributed by atoms with Gasteiger partial charge in [-0.25, -0.2) is 0 Å². The fourth-order valence-electron chi connectivity index (χ4n) is 5.54. The van der Waals surface area contributed by atoms with Crippen LogP contribution >= 0.6 is 0 Å². The number of aromatic hydroxyl groups is 6. The predicted molar refractivity (Wildman–Crippen MR) is 140 cm³/mol. The van der Waals surface area contributed by atoms with Crippen LogP contribution in [-0.2, 0) is 6.42 Å². The van der Waals surface area contributed by atoms with E-state index in [0.717, 1.165) is 6.07 Å². The maximum atomic E-state index is 11.7. The zero-order chi connectivity index (χ0) is 28.3. The fourth-order valence-corrected chi connectivity index (χ4v) is 5.54. The molecule has 0 amide bonds. The standard InChI is InChI=1S/C30H26O10/c31-16-4-5-17(20(34)12-16)25-26-24(39-30(27(25)38)15-2-7-19(33)22(36)10-15)8-3-14-11-23(37)28(40-29(14)26)13-1-6-18(32)21(35)9-13/h1-10,12,23,25,27-28,30-38H,11H2/t23-,25-,27+,28+,30+/m0/s1. The third-order valence-corrected chi connectivity index (χ3v) is 7.48. The van der Waals surface area contributed by atoms with Gasteiger partial charge in [-0.3, -0.25) is 0 Å². The van der Waals surface area contributed by atoms with Gasteiger partial charge in [0.2, 0.25) is 0 Å². The molecule has 4 aromatic rings. The van der Waals surface area contributed by atoms with Crippen molar-refractivity contribution in [3.05, 3.63) is 94.5 Å². The van der Waals surface area contributed by atoms with Crippen molar-refractivity contribution in [1.82, 2.24) is 0 Å². The van der Waals surface area contributed by atoms with E-state index in [9.17, 15) is 40.9 Å². The van der Waals surface area contributed by atoms with Crippen LogP contribution in [0.4, 0.5) is 0 Å². The zero-order valence-electron chi connectivity index (χ0n) is 20.8. The Balaban J connectivity index is 1.52. The van der Waals surface area contributed by atoms with Crippen molar-refractivity contribution in [2.75, 3.05) is 0 Å². The molecule has 0 radical (unpaired) electrons. The van der Waals surface area contributed by atoms with Crippen molar-refractivity contribution in [2.24, 2.45) is 0 Å². The molecule has 5 atom stereocenters. The summed E-state index contributed by atoms with van der Waals surface area (Å²) >= 11 is 0. The van der Waals surface area contributed by atoms with E-state index in [1.807, 2.05) is 0 Å². The molecule has 6 rings (SSSR count). The molecule has 40 heavy (non-hydrogen) atoms. The molecule has 2 aliphatic rings. The van der Waals surface area contributed by atoms with Crippen LogP contribution in [-0.4, -0.2) is 53.1 Å². The summed E-state index contributed by atoms with van der Waals surface area (Å²) in [6.45, 7) is 0. The Hall–Kier alpha value is -4.80. The summed E-state index contributed by atoms with van der Waals surface area (Å²) in [5.41, 5.74) is 2.05. The number of hydrogen-bond donors (Lipinski definition) is 8. The van der Waals surface area contributed by atoms with E-state index in [1.54, 1.807) is 12.1 Å². The van der Waals surface area contributed by atoms with Gasteiger partial charge in [0.25, 0.3) is 0 Å². The first kappa shape index (κ1) is 25.5. The van der Waals surface area contributed by atoms with Crippen LogP contribution < -0.4 is 9.47 Å². The minimum atomic E-state index is -1.34. The zero-order valence-corrected chi connectivity index (χ0v) is 20.8. The highest BCUT2D eigenvalue weighted by atomic mass is 16.5. The van der Waals surface area contributed by atoms with Crippen LogP contribution in [0.2, 0.25) is 0 Å². The van der Waals surface area contributed by atoms with Crippen LogP contribution in [0, 0.1) is 0 Å². The monoisotopic (exact) mass is 546 g/mol. The molecule has 10 nitrogen and oxygen atoms in total. The van der Waals surface area contributed by atoms with Crippen LogP contribution in [0.1, 0.15) is 45.9 Å². The summed E-state index contributed by atoms with van der Waals surface area (Å²) in [7, 11) is 0. The van der Waals surface area contributed by atoms with Crippen molar-refractivity contribution in [3.63, 3.8) is 0 Å². The van der Waals surface area contributed by atoms with E-state index >= 15 is 0 Å². The second kappa shape index (κ2) is 9.44. The Bertz CT molecular complexity index is 1620. The number of rotatable bonds is 3. The van der Waals surface area contributed by atoms with Crippen molar-refractivity contribution in [3.8, 4) is 46.0 Å². The highest BCUT2D eigenvalue weighted by molar-refractivity contribution is 5.61. The molecule has 0 saturated heterocycles. The average Bonchev–Trinajstić information content (AvgIpc) is 2.92. The number of phenols is 6. The summed E-state index contributed by atoms with van der Waals surface area (Å²) in [5.74, 6) is -2.23. The van der Waals surface area contributed by atoms with E-state index in [1.165, 1.54) is 48.5 Å². The van der Waals surface area contributed by atoms with Gasteiger partial charge < -0.3 is 50.3 Å². The number of aliphatic hydroxyl groups is 2. The van der Waals surface area contributed by atoms with Crippen LogP contribution in [0.15, 0.2) is 66.7 Å². The Morgan fingerprint density at radius 1 is 0.600 bits per heavy atom. The second-order valence-corrected chi connectivity index (χ2v) is 10.0. The number of aliphatic hydroxyl groups excluding tert-OH is 2. The van der Waals surface area contributed by atoms with Gasteiger partial charge in [0, 0.05) is 29.5 Å². The Kier molecular flexibility index (Phi) is 6.01. The summed E-state index contributed by atoms with van der Waals surface area (Å²) in [5, 5.41) is 83.1. The molecule has 0 unspecified atom stereocenters. The number of ether oxygens (including phenoxy) is 2. The maximum Gasteiger partial charge on any atom is 0.157 e. The molecule has 4 aromatic carbocycles. The van der Waals surface area contributed by atoms with Crippen molar-refractivity contribution >= 4 is 0 Å². The first-order valence-electron chi connectivity index (χ1n) is 12.5. The number of phenolic OH excluding ortho intramolecular Hbond substituents is 6. The van der Waals surface area contributed by atoms with Crippen molar-refractivity contribution < 1.29 is 50.3 Å². The lowest BCUT2D eigenvalue weighted by molar-refractivity contribution is -0.00180. The van der Waals surface area contributed by atoms with Gasteiger partial charge in [0.05, 0.1) is 6.10 Å². The molecule has 0 fully saturated rings. The van der Waals surface area contributed by atoms with E-state index < -0.39 is 36.1 Å². The Morgan fingerprint density at radius 3 is 1.88 bits per heavy atom. The lowest BCUT2D eigenvalue weighted by Gasteiger charge is -2.41. The normalized spacial score (nSPS) is 23.4. The molecule has 8 N–H and O–H groups in total. The summed E-state index contributed by atoms with van der Waals surface area (Å²) in [4.78, 5) is 0. The van der Waals surface area contributed by atoms with Gasteiger partial charge in [-0.1, -0.05) is 24.3 Å². The molecule has 2 heterocycles. The van der Waals surface area contributed by atoms with Gasteiger partial charge in [-0.15, -0.1) is 0 Å². The highest BCUT2D eigenvalue weighted by Gasteiger charge is 2.45. The first-order chi connectivity index (χ1) is 19.1. The van der Waals surface area contributed by atoms with Gasteiger partial charge in [-0.05, 0) is 53.1 Å². The molecule has 10 heteroatoms. The van der Waals surface area contributed by atoms with Crippen molar-refractivity contribution in [1.29, 1.82) is 0 Å². The number of hydrogen-bond acceptors (Lipinski definition) is 10. The molecular weight excluding hydrogens is 520 g/mol. The molecule has 206 valence electrons. The molecule has 0 aromatic heterocycles. The van der Waals surface area contributed by atoms with Crippen LogP contribution in [0.25, 0.3) is 0 Å². The molecule has 0 spiro atoms. The van der Waals surface area contributed by atoms with Gasteiger partial charge >= 0.3 is 0 Å². The summed E-state index contributed by atoms with van der Waals surface area (Å²) in [6.07, 6.45) is -4.16. The SMILES string of the molecule is Oc1ccc([C@H]2c3c(ccc4c3O[C@H](c3ccc(O)c(O)c3)[C@@H](O)C4)O[C@H](c3ccc(O)c(O)c3)[C@@H]2O)c(O)c1. The van der Waals surface area contributed by atoms with Crippen molar-refractivity contribution in [2.45, 2.75) is 36.8 Å². The molecule has 0 saturated carbocycles. The number of benzene rings is 4. The maximum absolute atomic E-state index is 11.7. The van der Waals surface area contributed by atoms with E-state index in [-0.39, 0.29) is 40.7 Å². The van der Waals surface area contributed by atoms with E-state index in [2.05, 4.69) is 0 Å². The predicted octanol–water partition coefficient (Wildman–Crippen LogP) is 3.58. The van der Waals surface area contributed by atoms with Crippen LogP contribution in [0.5, 0.6) is 46.0 Å². The second-order valence-electron chi connectivity index (χ2n) is 10.0. The minimum absolute atomic E-state index is 0.161. The lowest BCUT2D eigenvalue weighted by atomic mass is 9.77. The average molecular weight is 547 g/mol. The first-order valence-corrected chi connectivity index (χ1v) is 12.5. The van der Waals surface area contributed by atoms with Gasteiger partial charge in [-0.2, -0.15) is 0 Å². The number of fused-ring (bicyclic) bond motifs is 3. The van der Waals surface area contributed by atoms with Gasteiger partial charge in [0.15, 0.2) is 29.1 Å². The van der Waals surface area contributed by atoms with E-state index in [0.29, 0.717) is 33.8 Å². The van der Waals surface area contributed by atoms with E-state index in [4.69, 9.17) is 9.47 Å². The minimum Gasteiger partial charge on any atom is -0.508 e. The highest BCUT2D eigenvalue weighted by Crippen LogP contribution is 2.54. The Morgan fingerprint density at radius 2 is 1.25 bits per heavy atom. The van der Waals surface area contributed by atoms with Gasteiger partial charge in [0.1, 0.15) is 35.2 Å². The molecular formula is C30H26O10. The third kappa shape index (κ3) is 4.14. The Labute approximate surface area is 227 Å². The fraction of sp³-hybridized carbons (Fsp3) is 0.200.